The zero-order chi connectivity index (χ0) is 35.3. The fourth-order valence-corrected chi connectivity index (χ4v) is 6.03. The van der Waals surface area contributed by atoms with Crippen LogP contribution in [-0.2, 0) is 16.5 Å². The summed E-state index contributed by atoms with van der Waals surface area (Å²) in [4.78, 5) is 46.4. The van der Waals surface area contributed by atoms with Crippen LogP contribution in [0, 0.1) is 0 Å². The number of hydrogen-bond donors (Lipinski definition) is 0. The number of fused-ring (bicyclic) bond motifs is 2. The maximum absolute atomic E-state index is 11.9. The summed E-state index contributed by atoms with van der Waals surface area (Å²) in [6, 6.07) is 24.0. The molecule has 2 aromatic heterocycles. The van der Waals surface area contributed by atoms with Crippen molar-refractivity contribution in [3.05, 3.63) is 132 Å². The predicted molar refractivity (Wildman–Crippen MR) is 206 cm³/mol. The molecule has 9 heteroatoms. The molecule has 0 unspecified atom stereocenters. The Bertz CT molecular complexity index is 1750. The smallest absolute Gasteiger partial charge is 0.204 e. The van der Waals surface area contributed by atoms with Crippen molar-refractivity contribution in [2.24, 2.45) is 9.98 Å². The van der Waals surface area contributed by atoms with Crippen molar-refractivity contribution in [1.29, 1.82) is 0 Å². The third-order valence-electron chi connectivity index (χ3n) is 8.32. The van der Waals surface area contributed by atoms with Crippen molar-refractivity contribution in [3.63, 3.8) is 0 Å². The largest absolute Gasteiger partial charge is 0.372 e. The summed E-state index contributed by atoms with van der Waals surface area (Å²) in [7, 11) is 0. The van der Waals surface area contributed by atoms with E-state index in [4.69, 9.17) is 9.98 Å². The molecule has 0 bridgehead atoms. The van der Waals surface area contributed by atoms with Gasteiger partial charge in [-0.15, -0.1) is 0 Å². The summed E-state index contributed by atoms with van der Waals surface area (Å²) < 4.78 is 0. The molecule has 266 valence electrons. The molecule has 0 spiro atoms. The summed E-state index contributed by atoms with van der Waals surface area (Å²) >= 11 is 0. The van der Waals surface area contributed by atoms with Gasteiger partial charge in [-0.25, -0.2) is 9.98 Å². The van der Waals surface area contributed by atoms with Crippen molar-refractivity contribution >= 4 is 45.7 Å². The molecule has 2 aliphatic rings. The molecule has 8 nitrogen and oxygen atoms in total. The van der Waals surface area contributed by atoms with E-state index in [1.54, 1.807) is 24.5 Å². The topological polar surface area (TPSA) is 91.1 Å². The van der Waals surface area contributed by atoms with Crippen LogP contribution in [0.3, 0.4) is 0 Å². The van der Waals surface area contributed by atoms with Crippen molar-refractivity contribution in [2.75, 3.05) is 36.0 Å². The van der Waals surface area contributed by atoms with Crippen molar-refractivity contribution in [2.45, 2.75) is 53.4 Å². The maximum Gasteiger partial charge on any atom is 0.204 e. The average Bonchev–Trinajstić information content (AvgIpc) is 3.15. The molecule has 6 rings (SSSR count). The van der Waals surface area contributed by atoms with Gasteiger partial charge in [-0.05, 0) is 123 Å². The zero-order valence-corrected chi connectivity index (χ0v) is 30.9. The standard InChI is InChI=1S/2C21H23N3O.Ni/c2*1-3-14-24(15-4-2)17-9-7-16(8-10-17)23-19-11-12-20(25)21-18(19)6-5-13-22-21;/h2*5-13H,3-4,14-15H2,1-2H3;. The molecular weight excluding hydrogens is 679 g/mol. The molecule has 0 N–H and O–H groups in total. The first-order valence-electron chi connectivity index (χ1n) is 17.7. The molecule has 2 aromatic carbocycles. The van der Waals surface area contributed by atoms with Crippen LogP contribution in [0.2, 0.25) is 0 Å². The van der Waals surface area contributed by atoms with Gasteiger partial charge in [0.15, 0.2) is 0 Å². The molecule has 2 aliphatic carbocycles. The molecule has 0 amide bonds. The van der Waals surface area contributed by atoms with Gasteiger partial charge in [-0.2, -0.15) is 0 Å². The first-order chi connectivity index (χ1) is 24.4. The second kappa shape index (κ2) is 19.4. The minimum Gasteiger partial charge on any atom is -0.372 e. The third kappa shape index (κ3) is 10.0. The summed E-state index contributed by atoms with van der Waals surface area (Å²) in [5.41, 5.74) is 8.27. The van der Waals surface area contributed by atoms with E-state index in [0.717, 1.165) is 85.8 Å². The van der Waals surface area contributed by atoms with E-state index in [0.29, 0.717) is 11.4 Å². The Balaban J connectivity index is 0.000000224. The van der Waals surface area contributed by atoms with Gasteiger partial charge in [-0.1, -0.05) is 27.7 Å². The normalized spacial score (nSPS) is 14.4. The van der Waals surface area contributed by atoms with E-state index in [9.17, 15) is 9.59 Å². The Morgan fingerprint density at radius 3 is 1.20 bits per heavy atom. The minimum atomic E-state index is -0.0697. The number of nitrogens with zero attached hydrogens (tertiary/aromatic N) is 6. The fraction of sp³-hybridized carbons (Fsp3) is 0.286. The Hall–Kier alpha value is -5.01. The first-order valence-corrected chi connectivity index (χ1v) is 17.7. The third-order valence-corrected chi connectivity index (χ3v) is 8.32. The molecule has 0 saturated carbocycles. The van der Waals surface area contributed by atoms with Crippen LogP contribution in [0.25, 0.3) is 0 Å². The van der Waals surface area contributed by atoms with Crippen LogP contribution < -0.4 is 9.80 Å². The number of rotatable bonds is 12. The summed E-state index contributed by atoms with van der Waals surface area (Å²) in [6.07, 6.45) is 14.4. The number of anilines is 2. The van der Waals surface area contributed by atoms with Crippen molar-refractivity contribution < 1.29 is 26.1 Å². The average molecular weight is 726 g/mol. The van der Waals surface area contributed by atoms with Gasteiger partial charge in [0, 0.05) is 77.6 Å². The van der Waals surface area contributed by atoms with Gasteiger partial charge >= 0.3 is 0 Å². The van der Waals surface area contributed by atoms with Crippen LogP contribution >= 0.6 is 0 Å². The monoisotopic (exact) mass is 724 g/mol. The van der Waals surface area contributed by atoms with Crippen LogP contribution in [0.1, 0.15) is 85.5 Å². The number of allylic oxidation sites excluding steroid dienone is 4. The summed E-state index contributed by atoms with van der Waals surface area (Å²) in [6.45, 7) is 13.0. The second-order valence-electron chi connectivity index (χ2n) is 12.2. The van der Waals surface area contributed by atoms with E-state index >= 15 is 0 Å². The van der Waals surface area contributed by atoms with E-state index in [-0.39, 0.29) is 28.1 Å². The molecule has 0 atom stereocenters. The number of hydrogen-bond acceptors (Lipinski definition) is 8. The number of benzene rings is 2. The number of carbonyl (C=O) groups is 2. The van der Waals surface area contributed by atoms with Gasteiger partial charge in [0.25, 0.3) is 0 Å². The molecular formula is C42H46N6NiO2. The molecule has 0 radical (unpaired) electrons. The van der Waals surface area contributed by atoms with Gasteiger partial charge in [0.05, 0.1) is 22.8 Å². The Morgan fingerprint density at radius 1 is 0.510 bits per heavy atom. The van der Waals surface area contributed by atoms with Crippen LogP contribution in [0.5, 0.6) is 0 Å². The second-order valence-corrected chi connectivity index (χ2v) is 12.2. The molecule has 0 aliphatic heterocycles. The van der Waals surface area contributed by atoms with Crippen molar-refractivity contribution in [1.82, 2.24) is 9.97 Å². The van der Waals surface area contributed by atoms with Gasteiger partial charge < -0.3 is 9.80 Å². The summed E-state index contributed by atoms with van der Waals surface area (Å²) in [5, 5.41) is 0. The Labute approximate surface area is 312 Å². The van der Waals surface area contributed by atoms with E-state index in [1.807, 2.05) is 48.5 Å². The van der Waals surface area contributed by atoms with E-state index in [1.165, 1.54) is 23.5 Å². The number of aromatic nitrogens is 2. The summed E-state index contributed by atoms with van der Waals surface area (Å²) in [5.74, 6) is -0.139. The minimum absolute atomic E-state index is 0. The van der Waals surface area contributed by atoms with Crippen molar-refractivity contribution in [3.8, 4) is 0 Å². The number of aliphatic imine (C=N–C) groups is 2. The molecule has 0 saturated heterocycles. The number of pyridine rings is 2. The maximum atomic E-state index is 11.9. The molecule has 0 fully saturated rings. The quantitative estimate of drug-likeness (QED) is 0.135. The molecule has 51 heavy (non-hydrogen) atoms. The molecule has 4 aromatic rings. The van der Waals surface area contributed by atoms with Crippen LogP contribution in [0.15, 0.2) is 119 Å². The van der Waals surface area contributed by atoms with Crippen LogP contribution in [-0.4, -0.2) is 59.1 Å². The van der Waals surface area contributed by atoms with E-state index < -0.39 is 0 Å². The Morgan fingerprint density at radius 2 is 0.863 bits per heavy atom. The first kappa shape index (κ1) is 38.8. The Kier molecular flexibility index (Phi) is 14.8. The van der Waals surface area contributed by atoms with Gasteiger partial charge in [0.2, 0.25) is 11.6 Å². The van der Waals surface area contributed by atoms with Gasteiger partial charge in [-0.3, -0.25) is 19.6 Å². The SMILES string of the molecule is CCCN(CCC)c1ccc(N=C2C=CC(=O)c3ncccc32)cc1.CCCN(CCC)c1ccc(N=C2C=CC(=O)c3ncccc32)cc1.[Ni]. The molecule has 2 heterocycles. The van der Waals surface area contributed by atoms with E-state index in [2.05, 4.69) is 71.7 Å². The fourth-order valence-electron chi connectivity index (χ4n) is 6.03. The predicted octanol–water partition coefficient (Wildman–Crippen LogP) is 9.16. The van der Waals surface area contributed by atoms with Gasteiger partial charge in [0.1, 0.15) is 11.4 Å². The zero-order valence-electron chi connectivity index (χ0n) is 29.9. The number of carbonyl (C=O) groups excluding carboxylic acids is 2. The number of ketones is 2. The van der Waals surface area contributed by atoms with Crippen LogP contribution in [0.4, 0.5) is 22.7 Å².